The van der Waals surface area contributed by atoms with Gasteiger partial charge in [-0.15, -0.1) is 0 Å². The summed E-state index contributed by atoms with van der Waals surface area (Å²) in [6.07, 6.45) is 1.02. The van der Waals surface area contributed by atoms with Crippen molar-refractivity contribution in [2.75, 3.05) is 5.32 Å². The minimum atomic E-state index is -0.980. The standard InChI is InChI=1S/C24H33NO2/c1-8-17(2)20-11-9-10-12-21(20)25-22(26)24(6,7)27-19-15-13-18(14-16-19)23(3,4)5/h9-17H,8H2,1-7H3,(H,25,26). The van der Waals surface area contributed by atoms with Crippen molar-refractivity contribution in [3.05, 3.63) is 59.7 Å². The van der Waals surface area contributed by atoms with Gasteiger partial charge in [-0.25, -0.2) is 0 Å². The Morgan fingerprint density at radius 3 is 2.15 bits per heavy atom. The van der Waals surface area contributed by atoms with Crippen LogP contribution in [0.1, 0.15) is 71.9 Å². The van der Waals surface area contributed by atoms with Gasteiger partial charge in [0.2, 0.25) is 0 Å². The third-order valence-corrected chi connectivity index (χ3v) is 4.99. The van der Waals surface area contributed by atoms with E-state index in [0.29, 0.717) is 11.7 Å². The number of carbonyl (C=O) groups excluding carboxylic acids is 1. The van der Waals surface area contributed by atoms with Crippen LogP contribution in [0.25, 0.3) is 0 Å². The molecule has 0 radical (unpaired) electrons. The maximum Gasteiger partial charge on any atom is 0.267 e. The second kappa shape index (κ2) is 8.16. The highest BCUT2D eigenvalue weighted by molar-refractivity contribution is 5.97. The van der Waals surface area contributed by atoms with Crippen LogP contribution in [0.15, 0.2) is 48.5 Å². The molecule has 0 saturated carbocycles. The normalized spacial score (nSPS) is 13.1. The van der Waals surface area contributed by atoms with Crippen molar-refractivity contribution in [3.63, 3.8) is 0 Å². The van der Waals surface area contributed by atoms with Crippen LogP contribution < -0.4 is 10.1 Å². The predicted octanol–water partition coefficient (Wildman–Crippen LogP) is 6.29. The molecule has 1 N–H and O–H groups in total. The summed E-state index contributed by atoms with van der Waals surface area (Å²) in [4.78, 5) is 12.9. The van der Waals surface area contributed by atoms with Gasteiger partial charge in [0.15, 0.2) is 5.60 Å². The number of benzene rings is 2. The lowest BCUT2D eigenvalue weighted by Crippen LogP contribution is -2.42. The molecule has 2 aromatic rings. The Bertz CT molecular complexity index is 770. The molecule has 0 aliphatic rings. The van der Waals surface area contributed by atoms with Crippen LogP contribution in [-0.4, -0.2) is 11.5 Å². The molecule has 2 aromatic carbocycles. The Morgan fingerprint density at radius 2 is 1.59 bits per heavy atom. The van der Waals surface area contributed by atoms with Crippen molar-refractivity contribution in [1.82, 2.24) is 0 Å². The zero-order valence-electron chi connectivity index (χ0n) is 17.7. The molecular formula is C24H33NO2. The molecule has 1 unspecified atom stereocenters. The van der Waals surface area contributed by atoms with E-state index in [9.17, 15) is 4.79 Å². The number of ether oxygens (including phenoxy) is 1. The molecule has 0 spiro atoms. The largest absolute Gasteiger partial charge is 0.478 e. The van der Waals surface area contributed by atoms with E-state index in [-0.39, 0.29) is 11.3 Å². The highest BCUT2D eigenvalue weighted by Gasteiger charge is 2.31. The minimum Gasteiger partial charge on any atom is -0.478 e. The van der Waals surface area contributed by atoms with Gasteiger partial charge in [0.25, 0.3) is 5.91 Å². The molecule has 3 nitrogen and oxygen atoms in total. The van der Waals surface area contributed by atoms with E-state index >= 15 is 0 Å². The Kier molecular flexibility index (Phi) is 6.35. The van der Waals surface area contributed by atoms with Crippen molar-refractivity contribution in [1.29, 1.82) is 0 Å². The lowest BCUT2D eigenvalue weighted by Gasteiger charge is -2.27. The number of nitrogens with one attached hydrogen (secondary N) is 1. The number of amides is 1. The highest BCUT2D eigenvalue weighted by atomic mass is 16.5. The van der Waals surface area contributed by atoms with Crippen LogP contribution in [0.3, 0.4) is 0 Å². The lowest BCUT2D eigenvalue weighted by molar-refractivity contribution is -0.128. The Morgan fingerprint density at radius 1 is 1.00 bits per heavy atom. The summed E-state index contributed by atoms with van der Waals surface area (Å²) in [7, 11) is 0. The third-order valence-electron chi connectivity index (χ3n) is 4.99. The number of carbonyl (C=O) groups is 1. The molecule has 0 aliphatic carbocycles. The van der Waals surface area contributed by atoms with Gasteiger partial charge in [0, 0.05) is 5.69 Å². The van der Waals surface area contributed by atoms with E-state index in [1.165, 1.54) is 5.56 Å². The Balaban J connectivity index is 2.14. The summed E-state index contributed by atoms with van der Waals surface area (Å²) in [6, 6.07) is 16.0. The second-order valence-electron chi connectivity index (χ2n) is 8.74. The summed E-state index contributed by atoms with van der Waals surface area (Å²) in [5.41, 5.74) is 2.35. The molecule has 0 bridgehead atoms. The fourth-order valence-electron chi connectivity index (χ4n) is 2.90. The number of anilines is 1. The third kappa shape index (κ3) is 5.35. The molecule has 1 amide bonds. The molecule has 0 heterocycles. The van der Waals surface area contributed by atoms with Gasteiger partial charge >= 0.3 is 0 Å². The molecule has 0 fully saturated rings. The van der Waals surface area contributed by atoms with E-state index in [1.807, 2.05) is 30.3 Å². The van der Waals surface area contributed by atoms with E-state index < -0.39 is 5.60 Å². The fraction of sp³-hybridized carbons (Fsp3) is 0.458. The van der Waals surface area contributed by atoms with Gasteiger partial charge < -0.3 is 10.1 Å². The first-order valence-corrected chi connectivity index (χ1v) is 9.74. The van der Waals surface area contributed by atoms with Crippen LogP contribution in [0.2, 0.25) is 0 Å². The minimum absolute atomic E-state index is 0.0884. The molecule has 0 saturated heterocycles. The maximum absolute atomic E-state index is 12.9. The molecule has 0 aliphatic heterocycles. The molecule has 0 aromatic heterocycles. The van der Waals surface area contributed by atoms with Gasteiger partial charge in [0.1, 0.15) is 5.75 Å². The number of para-hydroxylation sites is 1. The Labute approximate surface area is 164 Å². The van der Waals surface area contributed by atoms with Crippen LogP contribution in [0.4, 0.5) is 5.69 Å². The first-order valence-electron chi connectivity index (χ1n) is 9.74. The average molecular weight is 368 g/mol. The average Bonchev–Trinajstić information content (AvgIpc) is 2.61. The molecule has 2 rings (SSSR count). The van der Waals surface area contributed by atoms with Gasteiger partial charge in [-0.1, -0.05) is 65.0 Å². The maximum atomic E-state index is 12.9. The van der Waals surface area contributed by atoms with Crippen molar-refractivity contribution in [3.8, 4) is 5.75 Å². The van der Waals surface area contributed by atoms with E-state index in [1.54, 1.807) is 13.8 Å². The van der Waals surface area contributed by atoms with Gasteiger partial charge in [-0.05, 0) is 60.9 Å². The first kappa shape index (κ1) is 21.0. The molecular weight excluding hydrogens is 334 g/mol. The van der Waals surface area contributed by atoms with E-state index in [2.05, 4.69) is 58.1 Å². The lowest BCUT2D eigenvalue weighted by atomic mass is 9.87. The van der Waals surface area contributed by atoms with Gasteiger partial charge in [-0.3, -0.25) is 4.79 Å². The van der Waals surface area contributed by atoms with Crippen molar-refractivity contribution < 1.29 is 9.53 Å². The summed E-state index contributed by atoms with van der Waals surface area (Å²) in [5.74, 6) is 0.923. The summed E-state index contributed by atoms with van der Waals surface area (Å²) >= 11 is 0. The second-order valence-corrected chi connectivity index (χ2v) is 8.74. The van der Waals surface area contributed by atoms with Crippen molar-refractivity contribution in [2.45, 2.75) is 71.8 Å². The molecule has 1 atom stereocenters. The zero-order valence-corrected chi connectivity index (χ0v) is 17.7. The molecule has 27 heavy (non-hydrogen) atoms. The first-order chi connectivity index (χ1) is 12.5. The fourth-order valence-corrected chi connectivity index (χ4v) is 2.90. The number of rotatable bonds is 6. The monoisotopic (exact) mass is 367 g/mol. The highest BCUT2D eigenvalue weighted by Crippen LogP contribution is 2.29. The molecule has 3 heteroatoms. The van der Waals surface area contributed by atoms with Crippen molar-refractivity contribution in [2.24, 2.45) is 0 Å². The van der Waals surface area contributed by atoms with E-state index in [0.717, 1.165) is 17.7 Å². The quantitative estimate of drug-likeness (QED) is 0.651. The summed E-state index contributed by atoms with van der Waals surface area (Å²) in [5, 5.41) is 3.06. The Hall–Kier alpha value is -2.29. The molecule has 146 valence electrons. The predicted molar refractivity (Wildman–Crippen MR) is 114 cm³/mol. The summed E-state index contributed by atoms with van der Waals surface area (Å²) < 4.78 is 6.02. The SMILES string of the molecule is CCC(C)c1ccccc1NC(=O)C(C)(C)Oc1ccc(C(C)(C)C)cc1. The van der Waals surface area contributed by atoms with Crippen LogP contribution in [0.5, 0.6) is 5.75 Å². The van der Waals surface area contributed by atoms with Crippen LogP contribution in [0, 0.1) is 0 Å². The number of hydrogen-bond acceptors (Lipinski definition) is 2. The smallest absolute Gasteiger partial charge is 0.267 e. The van der Waals surface area contributed by atoms with Crippen molar-refractivity contribution >= 4 is 11.6 Å². The topological polar surface area (TPSA) is 38.3 Å². The zero-order chi connectivity index (χ0) is 20.2. The van der Waals surface area contributed by atoms with E-state index in [4.69, 9.17) is 4.74 Å². The van der Waals surface area contributed by atoms with Gasteiger partial charge in [0.05, 0.1) is 0 Å². The van der Waals surface area contributed by atoms with Crippen LogP contribution >= 0.6 is 0 Å². The van der Waals surface area contributed by atoms with Gasteiger partial charge in [-0.2, -0.15) is 0 Å². The number of hydrogen-bond donors (Lipinski definition) is 1. The summed E-state index contributed by atoms with van der Waals surface area (Å²) in [6.45, 7) is 14.4. The van der Waals surface area contributed by atoms with Crippen LogP contribution in [-0.2, 0) is 10.2 Å².